The van der Waals surface area contributed by atoms with Crippen LogP contribution in [0.25, 0.3) is 0 Å². The number of aliphatic carboxylic acids is 1. The van der Waals surface area contributed by atoms with Gasteiger partial charge >= 0.3 is 5.97 Å². The van der Waals surface area contributed by atoms with Crippen molar-refractivity contribution in [1.29, 1.82) is 0 Å². The maximum Gasteiger partial charge on any atom is 0.306 e. The number of carboxylic acids is 1. The Hall–Kier alpha value is -0.860. The number of hydrogen-bond acceptors (Lipinski definition) is 2. The summed E-state index contributed by atoms with van der Waals surface area (Å²) >= 11 is 0. The lowest BCUT2D eigenvalue weighted by Crippen LogP contribution is -2.21. The molecule has 61 valence electrons. The van der Waals surface area contributed by atoms with Crippen LogP contribution >= 0.6 is 0 Å². The first kappa shape index (κ1) is 8.24. The van der Waals surface area contributed by atoms with Crippen molar-refractivity contribution in [2.24, 2.45) is 11.8 Å². The van der Waals surface area contributed by atoms with Crippen LogP contribution in [-0.4, -0.2) is 17.4 Å². The summed E-state index contributed by atoms with van der Waals surface area (Å²) in [4.78, 5) is 20.6. The second-order valence-corrected chi connectivity index (χ2v) is 3.00. The number of carbonyl (C=O) groups excluding carboxylic acids is 1. The van der Waals surface area contributed by atoms with Crippen molar-refractivity contribution < 1.29 is 14.7 Å². The Morgan fingerprint density at radius 3 is 2.18 bits per heavy atom. The summed E-state index contributed by atoms with van der Waals surface area (Å²) in [6.45, 7) is 0. The van der Waals surface area contributed by atoms with Gasteiger partial charge in [-0.2, -0.15) is 0 Å². The highest BCUT2D eigenvalue weighted by Crippen LogP contribution is 2.27. The van der Waals surface area contributed by atoms with Crippen LogP contribution in [0.4, 0.5) is 0 Å². The van der Waals surface area contributed by atoms with Crippen LogP contribution in [-0.2, 0) is 9.59 Å². The van der Waals surface area contributed by atoms with E-state index >= 15 is 0 Å². The minimum atomic E-state index is -0.727. The summed E-state index contributed by atoms with van der Waals surface area (Å²) in [6.07, 6.45) is 4.58. The Morgan fingerprint density at radius 1 is 1.27 bits per heavy atom. The highest BCUT2D eigenvalue weighted by atomic mass is 16.4. The fourth-order valence-corrected chi connectivity index (χ4v) is 1.46. The van der Waals surface area contributed by atoms with Crippen LogP contribution in [0.3, 0.4) is 0 Å². The summed E-state index contributed by atoms with van der Waals surface area (Å²) in [5.74, 6) is -0.959. The van der Waals surface area contributed by atoms with Crippen LogP contribution in [0.15, 0.2) is 0 Å². The Balaban J connectivity index is 2.35. The van der Waals surface area contributed by atoms with Crippen molar-refractivity contribution in [2.45, 2.75) is 25.7 Å². The van der Waals surface area contributed by atoms with Gasteiger partial charge in [-0.05, 0) is 25.7 Å². The van der Waals surface area contributed by atoms with Crippen LogP contribution in [0, 0.1) is 11.8 Å². The zero-order valence-corrected chi connectivity index (χ0v) is 6.25. The molecule has 0 bridgehead atoms. The van der Waals surface area contributed by atoms with Crippen molar-refractivity contribution in [3.8, 4) is 0 Å². The van der Waals surface area contributed by atoms with Gasteiger partial charge in [0.2, 0.25) is 6.29 Å². The van der Waals surface area contributed by atoms with E-state index in [-0.39, 0.29) is 11.8 Å². The largest absolute Gasteiger partial charge is 0.481 e. The molecule has 0 heterocycles. The third kappa shape index (κ3) is 2.03. The Morgan fingerprint density at radius 2 is 1.82 bits per heavy atom. The second kappa shape index (κ2) is 3.51. The number of carbonyl (C=O) groups is 1. The lowest BCUT2D eigenvalue weighted by molar-refractivity contribution is -0.142. The van der Waals surface area contributed by atoms with E-state index in [1.54, 1.807) is 0 Å². The zero-order chi connectivity index (χ0) is 8.27. The van der Waals surface area contributed by atoms with Gasteiger partial charge in [0, 0.05) is 5.92 Å². The molecule has 11 heavy (non-hydrogen) atoms. The fourth-order valence-electron chi connectivity index (χ4n) is 1.46. The molecule has 0 saturated heterocycles. The van der Waals surface area contributed by atoms with Gasteiger partial charge in [0.05, 0.1) is 5.92 Å². The predicted octanol–water partition coefficient (Wildman–Crippen LogP) is 0.987. The van der Waals surface area contributed by atoms with Crippen molar-refractivity contribution >= 4 is 12.3 Å². The maximum absolute atomic E-state index is 10.5. The van der Waals surface area contributed by atoms with Gasteiger partial charge in [0.25, 0.3) is 0 Å². The smallest absolute Gasteiger partial charge is 0.306 e. The van der Waals surface area contributed by atoms with Crippen LogP contribution < -0.4 is 0 Å². The molecule has 0 unspecified atom stereocenters. The van der Waals surface area contributed by atoms with Crippen molar-refractivity contribution in [2.75, 3.05) is 0 Å². The number of rotatable bonds is 2. The molecule has 1 aliphatic rings. The molecule has 0 amide bonds. The van der Waals surface area contributed by atoms with E-state index in [9.17, 15) is 9.59 Å². The monoisotopic (exact) mass is 155 g/mol. The zero-order valence-electron chi connectivity index (χ0n) is 6.25. The first-order valence-corrected chi connectivity index (χ1v) is 3.84. The molecule has 1 aliphatic carbocycles. The summed E-state index contributed by atoms with van der Waals surface area (Å²) in [6, 6.07) is 0. The Labute approximate surface area is 65.4 Å². The minimum Gasteiger partial charge on any atom is -0.481 e. The number of hydrogen-bond donors (Lipinski definition) is 1. The summed E-state index contributed by atoms with van der Waals surface area (Å²) in [5.41, 5.74) is 0. The van der Waals surface area contributed by atoms with Gasteiger partial charge in [-0.25, -0.2) is 0 Å². The molecule has 0 aromatic carbocycles. The van der Waals surface area contributed by atoms with Crippen molar-refractivity contribution in [1.82, 2.24) is 0 Å². The second-order valence-electron chi connectivity index (χ2n) is 3.00. The SMILES string of the molecule is O=[C][C@H]1CC[C@H](C(=O)O)CC1. The fraction of sp³-hybridized carbons (Fsp3) is 0.750. The summed E-state index contributed by atoms with van der Waals surface area (Å²) in [7, 11) is 0. The summed E-state index contributed by atoms with van der Waals surface area (Å²) < 4.78 is 0. The normalized spacial score (nSPS) is 31.3. The average molecular weight is 155 g/mol. The molecule has 1 radical (unpaired) electrons. The van der Waals surface area contributed by atoms with Crippen LogP contribution in [0.2, 0.25) is 0 Å². The molecule has 0 atom stereocenters. The third-order valence-electron chi connectivity index (χ3n) is 2.24. The number of carboxylic acid groups (broad SMARTS) is 1. The lowest BCUT2D eigenvalue weighted by atomic mass is 9.83. The van der Waals surface area contributed by atoms with E-state index in [4.69, 9.17) is 5.11 Å². The molecular weight excluding hydrogens is 144 g/mol. The van der Waals surface area contributed by atoms with Crippen LogP contribution in [0.1, 0.15) is 25.7 Å². The van der Waals surface area contributed by atoms with Crippen LogP contribution in [0.5, 0.6) is 0 Å². The van der Waals surface area contributed by atoms with Gasteiger partial charge in [-0.1, -0.05) is 0 Å². The van der Waals surface area contributed by atoms with E-state index < -0.39 is 5.97 Å². The molecule has 1 rings (SSSR count). The van der Waals surface area contributed by atoms with E-state index in [0.717, 1.165) is 0 Å². The van der Waals surface area contributed by atoms with E-state index in [0.29, 0.717) is 25.7 Å². The quantitative estimate of drug-likeness (QED) is 0.646. The highest BCUT2D eigenvalue weighted by molar-refractivity contribution is 5.70. The molecule has 0 aliphatic heterocycles. The third-order valence-corrected chi connectivity index (χ3v) is 2.24. The average Bonchev–Trinajstić information content (AvgIpc) is 2.05. The van der Waals surface area contributed by atoms with Gasteiger partial charge in [-0.3, -0.25) is 9.59 Å². The molecule has 0 aromatic rings. The molecule has 1 saturated carbocycles. The Bertz CT molecular complexity index is 157. The summed E-state index contributed by atoms with van der Waals surface area (Å²) in [5, 5.41) is 8.60. The highest BCUT2D eigenvalue weighted by Gasteiger charge is 2.25. The van der Waals surface area contributed by atoms with Crippen molar-refractivity contribution in [3.05, 3.63) is 0 Å². The molecule has 3 nitrogen and oxygen atoms in total. The van der Waals surface area contributed by atoms with E-state index in [1.807, 2.05) is 6.29 Å². The molecule has 1 N–H and O–H groups in total. The molecule has 3 heteroatoms. The standard InChI is InChI=1S/C8H11O3/c9-5-6-1-3-7(4-2-6)8(10)11/h6-7H,1-4H2,(H,10,11)/t6-,7-. The van der Waals surface area contributed by atoms with Gasteiger partial charge in [0.15, 0.2) is 0 Å². The topological polar surface area (TPSA) is 54.4 Å². The maximum atomic E-state index is 10.5. The van der Waals surface area contributed by atoms with Gasteiger partial charge < -0.3 is 5.11 Å². The lowest BCUT2D eigenvalue weighted by Gasteiger charge is -2.21. The van der Waals surface area contributed by atoms with Gasteiger partial charge in [0.1, 0.15) is 0 Å². The van der Waals surface area contributed by atoms with Crippen molar-refractivity contribution in [3.63, 3.8) is 0 Å². The van der Waals surface area contributed by atoms with Gasteiger partial charge in [-0.15, -0.1) is 0 Å². The first-order chi connectivity index (χ1) is 5.24. The molecular formula is C8H11O3. The Kier molecular flexibility index (Phi) is 2.63. The van der Waals surface area contributed by atoms with E-state index in [2.05, 4.69) is 0 Å². The molecule has 0 spiro atoms. The first-order valence-electron chi connectivity index (χ1n) is 3.84. The predicted molar refractivity (Wildman–Crippen MR) is 38.8 cm³/mol. The molecule has 0 aromatic heterocycles. The minimum absolute atomic E-state index is 0.00870. The van der Waals surface area contributed by atoms with E-state index in [1.165, 1.54) is 0 Å². The molecule has 1 fully saturated rings.